The van der Waals surface area contributed by atoms with E-state index >= 15 is 0 Å². The van der Waals surface area contributed by atoms with Crippen LogP contribution in [0.15, 0.2) is 67.3 Å². The summed E-state index contributed by atoms with van der Waals surface area (Å²) in [6, 6.07) is 18.5. The van der Waals surface area contributed by atoms with Crippen molar-refractivity contribution in [2.24, 2.45) is 5.92 Å². The molecule has 200 valence electrons. The molecule has 0 saturated carbocycles. The topological polar surface area (TPSA) is 99.4 Å². The van der Waals surface area contributed by atoms with Gasteiger partial charge in [0.2, 0.25) is 0 Å². The van der Waals surface area contributed by atoms with Crippen LogP contribution in [0.2, 0.25) is 0 Å². The lowest BCUT2D eigenvalue weighted by Crippen LogP contribution is -2.26. The maximum atomic E-state index is 11.0. The first-order valence-corrected chi connectivity index (χ1v) is 12.5. The van der Waals surface area contributed by atoms with E-state index in [9.17, 15) is 15.0 Å². The molecule has 0 saturated heterocycles. The van der Waals surface area contributed by atoms with Gasteiger partial charge in [0.15, 0.2) is 0 Å². The zero-order valence-corrected chi connectivity index (χ0v) is 21.5. The lowest BCUT2D eigenvalue weighted by atomic mass is 10.1. The summed E-state index contributed by atoms with van der Waals surface area (Å²) >= 11 is 0. The van der Waals surface area contributed by atoms with Gasteiger partial charge in [-0.15, -0.1) is 0 Å². The van der Waals surface area contributed by atoms with E-state index in [1.807, 2.05) is 36.4 Å². The highest BCUT2D eigenvalue weighted by molar-refractivity contribution is 5.88. The van der Waals surface area contributed by atoms with Crippen molar-refractivity contribution in [3.63, 3.8) is 0 Å². The van der Waals surface area contributed by atoms with Gasteiger partial charge in [0.05, 0.1) is 31.9 Å². The Morgan fingerprint density at radius 3 is 2.27 bits per heavy atom. The number of nitrogens with zero attached hydrogens (tertiary/aromatic N) is 1. The minimum absolute atomic E-state index is 0.00640. The van der Waals surface area contributed by atoms with E-state index in [1.165, 1.54) is 11.3 Å². The standard InChI is InChI=1S/C29H37NO7/c1-4-29(33)37-20-25(32)18-35-13-12-34-17-24(31)19-36-26-11-10-23-14-27(22-8-6-5-7-9-22)30(16-21(2)3)28(23)15-26/h4-11,14-15,21,24-25,31-32H,1,12-13,16-20H2,2-3H3. The average molecular weight is 512 g/mol. The number of esters is 1. The summed E-state index contributed by atoms with van der Waals surface area (Å²) in [7, 11) is 0. The van der Waals surface area contributed by atoms with Crippen LogP contribution >= 0.6 is 0 Å². The quantitative estimate of drug-likeness (QED) is 0.171. The molecule has 0 amide bonds. The normalized spacial score (nSPS) is 13.0. The number of hydrogen-bond acceptors (Lipinski definition) is 7. The second-order valence-corrected chi connectivity index (χ2v) is 9.22. The van der Waals surface area contributed by atoms with Gasteiger partial charge < -0.3 is 33.7 Å². The van der Waals surface area contributed by atoms with Gasteiger partial charge in [-0.3, -0.25) is 0 Å². The Kier molecular flexibility index (Phi) is 11.2. The fourth-order valence-electron chi connectivity index (χ4n) is 3.82. The van der Waals surface area contributed by atoms with Crippen LogP contribution in [0.4, 0.5) is 0 Å². The summed E-state index contributed by atoms with van der Waals surface area (Å²) < 4.78 is 23.6. The molecule has 1 aromatic heterocycles. The second-order valence-electron chi connectivity index (χ2n) is 9.22. The third-order valence-corrected chi connectivity index (χ3v) is 5.51. The Balaban J connectivity index is 1.46. The van der Waals surface area contributed by atoms with Crippen molar-refractivity contribution in [3.05, 3.63) is 67.3 Å². The molecule has 0 aliphatic rings. The monoisotopic (exact) mass is 511 g/mol. The Morgan fingerprint density at radius 2 is 1.62 bits per heavy atom. The summed E-state index contributed by atoms with van der Waals surface area (Å²) in [6.07, 6.45) is -0.700. The molecule has 0 bridgehead atoms. The molecule has 2 unspecified atom stereocenters. The molecule has 8 nitrogen and oxygen atoms in total. The highest BCUT2D eigenvalue weighted by Crippen LogP contribution is 2.31. The van der Waals surface area contributed by atoms with Crippen molar-refractivity contribution in [2.75, 3.05) is 39.6 Å². The van der Waals surface area contributed by atoms with E-state index in [2.05, 4.69) is 43.2 Å². The molecule has 1 heterocycles. The van der Waals surface area contributed by atoms with E-state index in [0.717, 1.165) is 23.5 Å². The minimum atomic E-state index is -0.925. The van der Waals surface area contributed by atoms with E-state index in [1.54, 1.807) is 0 Å². The van der Waals surface area contributed by atoms with Crippen LogP contribution in [0.25, 0.3) is 22.2 Å². The molecule has 0 aliphatic heterocycles. The number of carbonyl (C=O) groups is 1. The number of hydrogen-bond donors (Lipinski definition) is 2. The SMILES string of the molecule is C=CC(=O)OCC(O)COCCOCC(O)COc1ccc2cc(-c3ccccc3)n(CC(C)C)c2c1. The van der Waals surface area contributed by atoms with E-state index in [-0.39, 0.29) is 39.6 Å². The highest BCUT2D eigenvalue weighted by atomic mass is 16.6. The smallest absolute Gasteiger partial charge is 0.330 e. The van der Waals surface area contributed by atoms with Crippen LogP contribution in [-0.2, 0) is 25.5 Å². The summed E-state index contributed by atoms with van der Waals surface area (Å²) in [5.74, 6) is 0.562. The van der Waals surface area contributed by atoms with Gasteiger partial charge in [-0.05, 0) is 29.7 Å². The molecular formula is C29H37NO7. The summed E-state index contributed by atoms with van der Waals surface area (Å²) in [5.41, 5.74) is 3.43. The fraction of sp³-hybridized carbons (Fsp3) is 0.414. The summed E-state index contributed by atoms with van der Waals surface area (Å²) in [6.45, 7) is 9.06. The molecule has 2 N–H and O–H groups in total. The Labute approximate surface area is 218 Å². The molecule has 2 atom stereocenters. The Bertz CT molecular complexity index is 1130. The van der Waals surface area contributed by atoms with Gasteiger partial charge in [0.25, 0.3) is 0 Å². The molecule has 2 aromatic carbocycles. The second kappa shape index (κ2) is 14.5. The van der Waals surface area contributed by atoms with Crippen molar-refractivity contribution >= 4 is 16.9 Å². The van der Waals surface area contributed by atoms with Gasteiger partial charge in [0.1, 0.15) is 31.2 Å². The van der Waals surface area contributed by atoms with Crippen LogP contribution in [0.3, 0.4) is 0 Å². The molecule has 0 aliphatic carbocycles. The third kappa shape index (κ3) is 9.02. The van der Waals surface area contributed by atoms with Crippen LogP contribution in [0.1, 0.15) is 13.8 Å². The van der Waals surface area contributed by atoms with Crippen molar-refractivity contribution in [3.8, 4) is 17.0 Å². The van der Waals surface area contributed by atoms with Gasteiger partial charge in [-0.1, -0.05) is 50.8 Å². The molecule has 0 radical (unpaired) electrons. The van der Waals surface area contributed by atoms with E-state index < -0.39 is 18.2 Å². The molecule has 3 rings (SSSR count). The van der Waals surface area contributed by atoms with Crippen LogP contribution < -0.4 is 4.74 Å². The van der Waals surface area contributed by atoms with Crippen LogP contribution in [0, 0.1) is 5.92 Å². The average Bonchev–Trinajstić information content (AvgIpc) is 3.25. The van der Waals surface area contributed by atoms with Gasteiger partial charge >= 0.3 is 5.97 Å². The molecule has 0 spiro atoms. The number of fused-ring (bicyclic) bond motifs is 1. The maximum Gasteiger partial charge on any atom is 0.330 e. The molecular weight excluding hydrogens is 474 g/mol. The fourth-order valence-corrected chi connectivity index (χ4v) is 3.82. The first kappa shape index (κ1) is 28.4. The Morgan fingerprint density at radius 1 is 0.946 bits per heavy atom. The minimum Gasteiger partial charge on any atom is -0.491 e. The van der Waals surface area contributed by atoms with Gasteiger partial charge in [-0.25, -0.2) is 4.79 Å². The van der Waals surface area contributed by atoms with Crippen LogP contribution in [0.5, 0.6) is 5.75 Å². The lowest BCUT2D eigenvalue weighted by molar-refractivity contribution is -0.142. The number of aliphatic hydroxyl groups excluding tert-OH is 2. The number of benzene rings is 2. The van der Waals surface area contributed by atoms with Gasteiger partial charge in [-0.2, -0.15) is 0 Å². The van der Waals surface area contributed by atoms with E-state index in [0.29, 0.717) is 11.7 Å². The zero-order chi connectivity index (χ0) is 26.6. The summed E-state index contributed by atoms with van der Waals surface area (Å²) in [4.78, 5) is 11.0. The molecule has 8 heteroatoms. The maximum absolute atomic E-state index is 11.0. The van der Waals surface area contributed by atoms with Gasteiger partial charge in [0, 0.05) is 29.8 Å². The van der Waals surface area contributed by atoms with Crippen molar-refractivity contribution in [1.82, 2.24) is 4.57 Å². The number of carbonyl (C=O) groups excluding carboxylic acids is 1. The molecule has 0 fully saturated rings. The highest BCUT2D eigenvalue weighted by Gasteiger charge is 2.14. The van der Waals surface area contributed by atoms with Crippen molar-refractivity contribution in [2.45, 2.75) is 32.6 Å². The number of ether oxygens (including phenoxy) is 4. The number of rotatable bonds is 16. The number of aromatic nitrogens is 1. The van der Waals surface area contributed by atoms with Crippen LogP contribution in [-0.4, -0.2) is 72.6 Å². The molecule has 3 aromatic rings. The summed E-state index contributed by atoms with van der Waals surface area (Å²) in [5, 5.41) is 21.1. The number of aliphatic hydroxyl groups is 2. The predicted octanol–water partition coefficient (Wildman–Crippen LogP) is 3.83. The Hall–Kier alpha value is -3.17. The zero-order valence-electron chi connectivity index (χ0n) is 21.5. The largest absolute Gasteiger partial charge is 0.491 e. The van der Waals surface area contributed by atoms with Crippen molar-refractivity contribution in [1.29, 1.82) is 0 Å². The van der Waals surface area contributed by atoms with E-state index in [4.69, 9.17) is 18.9 Å². The first-order valence-electron chi connectivity index (χ1n) is 12.5. The first-order chi connectivity index (χ1) is 17.9. The lowest BCUT2D eigenvalue weighted by Gasteiger charge is -2.15. The molecule has 37 heavy (non-hydrogen) atoms. The third-order valence-electron chi connectivity index (χ3n) is 5.51. The predicted molar refractivity (Wildman–Crippen MR) is 143 cm³/mol. The van der Waals surface area contributed by atoms with Crippen molar-refractivity contribution < 1.29 is 34.0 Å².